The molecule has 2 unspecified atom stereocenters. The fraction of sp³-hybridized carbons (Fsp3) is 0.538. The first-order chi connectivity index (χ1) is 7.41. The molecule has 0 spiro atoms. The number of hydrogen-bond acceptors (Lipinski definition) is 2. The fourth-order valence-corrected chi connectivity index (χ4v) is 2.26. The van der Waals surface area contributed by atoms with Crippen molar-refractivity contribution in [3.63, 3.8) is 0 Å². The maximum absolute atomic E-state index is 9.66. The van der Waals surface area contributed by atoms with E-state index < -0.39 is 0 Å². The Hall–Kier alpha value is -0.540. The summed E-state index contributed by atoms with van der Waals surface area (Å²) in [7, 11) is 0. The highest BCUT2D eigenvalue weighted by Gasteiger charge is 2.49. The molecule has 0 radical (unpaired) electrons. The van der Waals surface area contributed by atoms with E-state index in [1.807, 2.05) is 39.0 Å². The van der Waals surface area contributed by atoms with E-state index in [0.29, 0.717) is 0 Å². The van der Waals surface area contributed by atoms with Gasteiger partial charge in [-0.15, -0.1) is 0 Å². The zero-order chi connectivity index (χ0) is 11.9. The number of benzene rings is 1. The highest BCUT2D eigenvalue weighted by atomic mass is 79.9. The summed E-state index contributed by atoms with van der Waals surface area (Å²) in [6.07, 6.45) is 0.583. The number of hydrogen-bond donors (Lipinski definition) is 1. The number of aryl methyl sites for hydroxylation is 1. The van der Waals surface area contributed by atoms with Gasteiger partial charge in [-0.3, -0.25) is 0 Å². The predicted molar refractivity (Wildman–Crippen MR) is 67.7 cm³/mol. The largest absolute Gasteiger partial charge is 0.489 e. The molecule has 2 nitrogen and oxygen atoms in total. The van der Waals surface area contributed by atoms with Crippen LogP contribution in [0, 0.1) is 12.3 Å². The smallest absolute Gasteiger partial charge is 0.123 e. The third kappa shape index (κ3) is 1.98. The molecule has 1 N–H and O–H groups in total. The van der Waals surface area contributed by atoms with Crippen molar-refractivity contribution in [2.24, 2.45) is 5.41 Å². The second-order valence-electron chi connectivity index (χ2n) is 5.09. The van der Waals surface area contributed by atoms with E-state index >= 15 is 0 Å². The summed E-state index contributed by atoms with van der Waals surface area (Å²) in [5, 5.41) is 9.66. The summed E-state index contributed by atoms with van der Waals surface area (Å²) < 4.78 is 6.98. The summed E-state index contributed by atoms with van der Waals surface area (Å²) in [6, 6.07) is 6.01. The third-order valence-corrected chi connectivity index (χ3v) is 4.04. The van der Waals surface area contributed by atoms with Crippen LogP contribution in [0.3, 0.4) is 0 Å². The van der Waals surface area contributed by atoms with Crippen LogP contribution in [0.25, 0.3) is 0 Å². The van der Waals surface area contributed by atoms with E-state index in [4.69, 9.17) is 4.74 Å². The van der Waals surface area contributed by atoms with E-state index in [1.54, 1.807) is 0 Å². The van der Waals surface area contributed by atoms with Crippen molar-refractivity contribution in [2.45, 2.75) is 39.4 Å². The lowest BCUT2D eigenvalue weighted by Gasteiger charge is -2.48. The van der Waals surface area contributed by atoms with Crippen molar-refractivity contribution >= 4 is 15.9 Å². The molecule has 3 heteroatoms. The normalized spacial score (nSPS) is 27.3. The van der Waals surface area contributed by atoms with Crippen LogP contribution in [0.15, 0.2) is 22.7 Å². The summed E-state index contributed by atoms with van der Waals surface area (Å²) in [5.74, 6) is 0.902. The van der Waals surface area contributed by atoms with Gasteiger partial charge >= 0.3 is 0 Å². The minimum atomic E-state index is -0.245. The molecule has 1 saturated carbocycles. The molecule has 1 aromatic carbocycles. The topological polar surface area (TPSA) is 29.5 Å². The Morgan fingerprint density at radius 1 is 1.44 bits per heavy atom. The summed E-state index contributed by atoms with van der Waals surface area (Å²) in [4.78, 5) is 0. The van der Waals surface area contributed by atoms with Crippen molar-refractivity contribution in [1.29, 1.82) is 0 Å². The molecule has 2 rings (SSSR count). The van der Waals surface area contributed by atoms with Crippen LogP contribution < -0.4 is 4.74 Å². The number of halogens is 1. The van der Waals surface area contributed by atoms with Crippen LogP contribution in [-0.4, -0.2) is 17.3 Å². The van der Waals surface area contributed by atoms with E-state index in [9.17, 15) is 5.11 Å². The first kappa shape index (κ1) is 11.9. The van der Waals surface area contributed by atoms with Gasteiger partial charge in [0.25, 0.3) is 0 Å². The van der Waals surface area contributed by atoms with Crippen LogP contribution in [0.2, 0.25) is 0 Å². The van der Waals surface area contributed by atoms with Crippen molar-refractivity contribution in [3.8, 4) is 5.75 Å². The zero-order valence-corrected chi connectivity index (χ0v) is 11.4. The molecular weight excluding hydrogens is 268 g/mol. The quantitative estimate of drug-likeness (QED) is 0.903. The molecule has 0 aliphatic heterocycles. The molecule has 0 bridgehead atoms. The van der Waals surface area contributed by atoms with Crippen molar-refractivity contribution in [1.82, 2.24) is 0 Å². The van der Waals surface area contributed by atoms with E-state index in [0.717, 1.165) is 22.2 Å². The van der Waals surface area contributed by atoms with Crippen LogP contribution in [0.1, 0.15) is 25.8 Å². The molecule has 0 saturated heterocycles. The van der Waals surface area contributed by atoms with Crippen molar-refractivity contribution in [3.05, 3.63) is 28.2 Å². The first-order valence-electron chi connectivity index (χ1n) is 5.52. The van der Waals surface area contributed by atoms with E-state index in [2.05, 4.69) is 15.9 Å². The van der Waals surface area contributed by atoms with Crippen LogP contribution in [-0.2, 0) is 0 Å². The van der Waals surface area contributed by atoms with Gasteiger partial charge in [0.15, 0.2) is 0 Å². The SMILES string of the molecule is Cc1ccc(Br)cc1OC1CC(O)C1(C)C. The lowest BCUT2D eigenvalue weighted by molar-refractivity contribution is -0.134. The Morgan fingerprint density at radius 3 is 2.69 bits per heavy atom. The number of rotatable bonds is 2. The van der Waals surface area contributed by atoms with E-state index in [1.165, 1.54) is 0 Å². The van der Waals surface area contributed by atoms with Crippen LogP contribution >= 0.6 is 15.9 Å². The molecule has 0 heterocycles. The summed E-state index contributed by atoms with van der Waals surface area (Å²) in [5.41, 5.74) is 0.981. The van der Waals surface area contributed by atoms with Gasteiger partial charge < -0.3 is 9.84 Å². The zero-order valence-electron chi connectivity index (χ0n) is 9.83. The average molecular weight is 285 g/mol. The highest BCUT2D eigenvalue weighted by Crippen LogP contribution is 2.43. The Labute approximate surface area is 105 Å². The van der Waals surface area contributed by atoms with Crippen LogP contribution in [0.4, 0.5) is 0 Å². The summed E-state index contributed by atoms with van der Waals surface area (Å²) >= 11 is 3.44. The van der Waals surface area contributed by atoms with E-state index in [-0.39, 0.29) is 17.6 Å². The summed E-state index contributed by atoms with van der Waals surface area (Å²) in [6.45, 7) is 6.11. The lowest BCUT2D eigenvalue weighted by atomic mass is 9.66. The molecule has 16 heavy (non-hydrogen) atoms. The minimum absolute atomic E-state index is 0.107. The fourth-order valence-electron chi connectivity index (χ4n) is 1.92. The van der Waals surface area contributed by atoms with Gasteiger partial charge in [-0.1, -0.05) is 35.8 Å². The Bertz CT molecular complexity index is 401. The number of aliphatic hydroxyl groups is 1. The highest BCUT2D eigenvalue weighted by molar-refractivity contribution is 9.10. The van der Waals surface area contributed by atoms with Crippen LogP contribution in [0.5, 0.6) is 5.75 Å². The second-order valence-corrected chi connectivity index (χ2v) is 6.00. The molecule has 88 valence electrons. The predicted octanol–water partition coefficient (Wildman–Crippen LogP) is 3.30. The van der Waals surface area contributed by atoms with Crippen molar-refractivity contribution < 1.29 is 9.84 Å². The van der Waals surface area contributed by atoms with Gasteiger partial charge in [0.1, 0.15) is 11.9 Å². The monoisotopic (exact) mass is 284 g/mol. The number of aliphatic hydroxyl groups excluding tert-OH is 1. The standard InChI is InChI=1S/C13H17BrO2/c1-8-4-5-9(14)6-10(8)16-12-7-11(15)13(12,2)3/h4-6,11-12,15H,7H2,1-3H3. The van der Waals surface area contributed by atoms with Crippen molar-refractivity contribution in [2.75, 3.05) is 0 Å². The molecule has 1 aliphatic rings. The minimum Gasteiger partial charge on any atom is -0.489 e. The molecular formula is C13H17BrO2. The first-order valence-corrected chi connectivity index (χ1v) is 6.31. The maximum atomic E-state index is 9.66. The molecule has 0 amide bonds. The Kier molecular flexibility index (Phi) is 3.01. The maximum Gasteiger partial charge on any atom is 0.123 e. The van der Waals surface area contributed by atoms with Gasteiger partial charge in [0.2, 0.25) is 0 Å². The molecule has 1 fully saturated rings. The van der Waals surface area contributed by atoms with Gasteiger partial charge in [0.05, 0.1) is 6.10 Å². The Balaban J connectivity index is 2.13. The molecule has 2 atom stereocenters. The number of ether oxygens (including phenoxy) is 1. The lowest BCUT2D eigenvalue weighted by Crippen LogP contribution is -2.56. The van der Waals surface area contributed by atoms with Gasteiger partial charge in [-0.05, 0) is 24.6 Å². The molecule has 1 aliphatic carbocycles. The third-order valence-electron chi connectivity index (χ3n) is 3.55. The molecule has 0 aromatic heterocycles. The van der Waals surface area contributed by atoms with Gasteiger partial charge in [-0.25, -0.2) is 0 Å². The van der Waals surface area contributed by atoms with Gasteiger partial charge in [0, 0.05) is 16.3 Å². The average Bonchev–Trinajstić information content (AvgIpc) is 2.23. The Morgan fingerprint density at radius 2 is 2.12 bits per heavy atom. The molecule has 1 aromatic rings. The van der Waals surface area contributed by atoms with Gasteiger partial charge in [-0.2, -0.15) is 0 Å². The second kappa shape index (κ2) is 4.04.